The molecule has 0 bridgehead atoms. The van der Waals surface area contributed by atoms with Crippen LogP contribution in [0.5, 0.6) is 11.5 Å². The predicted molar refractivity (Wildman–Crippen MR) is 111 cm³/mol. The van der Waals surface area contributed by atoms with E-state index >= 15 is 0 Å². The topological polar surface area (TPSA) is 99.7 Å². The smallest absolute Gasteiger partial charge is 0.283 e. The van der Waals surface area contributed by atoms with Crippen LogP contribution in [0.3, 0.4) is 0 Å². The van der Waals surface area contributed by atoms with Crippen molar-refractivity contribution in [1.29, 1.82) is 0 Å². The highest BCUT2D eigenvalue weighted by Gasteiger charge is 2.20. The Morgan fingerprint density at radius 3 is 2.83 bits per heavy atom. The monoisotopic (exact) mass is 412 g/mol. The van der Waals surface area contributed by atoms with Crippen molar-refractivity contribution >= 4 is 17.8 Å². The largest absolute Gasteiger partial charge is 0.619 e. The summed E-state index contributed by atoms with van der Waals surface area (Å²) in [5.74, 6) is 1.01. The molecule has 1 amide bonds. The molecule has 0 aliphatic carbocycles. The van der Waals surface area contributed by atoms with Crippen molar-refractivity contribution in [3.05, 3.63) is 59.1 Å². The summed E-state index contributed by atoms with van der Waals surface area (Å²) >= 11 is 0. The second-order valence-corrected chi connectivity index (χ2v) is 6.47. The Morgan fingerprint density at radius 2 is 2.10 bits per heavy atom. The Bertz CT molecular complexity index is 927. The average molecular weight is 412 g/mol. The number of rotatable bonds is 8. The first-order valence-electron chi connectivity index (χ1n) is 9.64. The molecule has 9 nitrogen and oxygen atoms in total. The highest BCUT2D eigenvalue weighted by molar-refractivity contribution is 6.02. The first-order chi connectivity index (χ1) is 14.6. The molecule has 0 unspecified atom stereocenters. The van der Waals surface area contributed by atoms with Crippen LogP contribution in [0.4, 0.5) is 0 Å². The molecular weight excluding hydrogens is 388 g/mol. The molecule has 1 aliphatic heterocycles. The summed E-state index contributed by atoms with van der Waals surface area (Å²) in [5.41, 5.74) is 2.38. The Labute approximate surface area is 174 Å². The van der Waals surface area contributed by atoms with Crippen LogP contribution < -0.4 is 14.2 Å². The van der Waals surface area contributed by atoms with Crippen molar-refractivity contribution in [3.63, 3.8) is 0 Å². The third-order valence-corrected chi connectivity index (χ3v) is 4.40. The number of aromatic nitrogens is 1. The summed E-state index contributed by atoms with van der Waals surface area (Å²) in [5, 5.41) is 20.7. The Hall–Kier alpha value is -3.62. The molecule has 0 N–H and O–H groups in total. The molecule has 1 aromatic heterocycles. The number of carbonyl (C=O) groups is 1. The van der Waals surface area contributed by atoms with Crippen LogP contribution in [0, 0.1) is 5.21 Å². The van der Waals surface area contributed by atoms with Crippen molar-refractivity contribution < 1.29 is 23.8 Å². The van der Waals surface area contributed by atoms with Gasteiger partial charge in [-0.2, -0.15) is 9.83 Å². The summed E-state index contributed by atoms with van der Waals surface area (Å²) in [6.45, 7) is 2.72. The lowest BCUT2D eigenvalue weighted by molar-refractivity contribution is -0.605. The van der Waals surface area contributed by atoms with Crippen molar-refractivity contribution in [1.82, 2.24) is 5.01 Å². The first-order valence-corrected chi connectivity index (χ1v) is 9.64. The highest BCUT2D eigenvalue weighted by atomic mass is 16.6. The zero-order valence-corrected chi connectivity index (χ0v) is 17.0. The molecule has 1 aliphatic rings. The van der Waals surface area contributed by atoms with E-state index in [2.05, 4.69) is 10.3 Å². The van der Waals surface area contributed by atoms with Gasteiger partial charge in [0.15, 0.2) is 30.5 Å². The molecule has 0 spiro atoms. The molecule has 0 saturated carbocycles. The van der Waals surface area contributed by atoms with Gasteiger partial charge in [-0.3, -0.25) is 4.79 Å². The van der Waals surface area contributed by atoms with Crippen molar-refractivity contribution in [2.24, 2.45) is 10.3 Å². The van der Waals surface area contributed by atoms with Gasteiger partial charge in [-0.25, -0.2) is 5.01 Å². The molecule has 0 saturated heterocycles. The summed E-state index contributed by atoms with van der Waals surface area (Å²) < 4.78 is 11.6. The fourth-order valence-electron chi connectivity index (χ4n) is 2.92. The van der Waals surface area contributed by atoms with Gasteiger partial charge in [0.2, 0.25) is 0 Å². The zero-order valence-electron chi connectivity index (χ0n) is 17.0. The predicted octanol–water partition coefficient (Wildman–Crippen LogP) is 2.10. The second-order valence-electron chi connectivity index (χ2n) is 6.47. The van der Waals surface area contributed by atoms with Gasteiger partial charge in [-0.15, -0.1) is 0 Å². The normalized spacial score (nSPS) is 13.8. The average Bonchev–Trinajstić information content (AvgIpc) is 2.78. The van der Waals surface area contributed by atoms with E-state index in [1.54, 1.807) is 19.2 Å². The third kappa shape index (κ3) is 5.47. The quantitative estimate of drug-likeness (QED) is 0.286. The van der Waals surface area contributed by atoms with Crippen LogP contribution in [0.2, 0.25) is 0 Å². The van der Waals surface area contributed by atoms with Crippen LogP contribution >= 0.6 is 0 Å². The van der Waals surface area contributed by atoms with Crippen molar-refractivity contribution in [3.8, 4) is 11.5 Å². The molecule has 2 aromatic rings. The minimum atomic E-state index is -0.284. The van der Waals surface area contributed by atoms with Crippen LogP contribution in [-0.2, 0) is 9.63 Å². The van der Waals surface area contributed by atoms with Crippen molar-refractivity contribution in [2.45, 2.75) is 19.8 Å². The molecule has 3 rings (SSSR count). The Kier molecular flexibility index (Phi) is 7.20. The van der Waals surface area contributed by atoms with Gasteiger partial charge in [-0.1, -0.05) is 5.16 Å². The Balaban J connectivity index is 1.62. The molecule has 158 valence electrons. The molecule has 30 heavy (non-hydrogen) atoms. The lowest BCUT2D eigenvalue weighted by Crippen LogP contribution is -2.34. The van der Waals surface area contributed by atoms with E-state index in [0.717, 1.165) is 24.1 Å². The first kappa shape index (κ1) is 21.1. The minimum Gasteiger partial charge on any atom is -0.619 e. The maximum absolute atomic E-state index is 12.4. The van der Waals surface area contributed by atoms with Crippen LogP contribution in [-0.4, -0.2) is 49.7 Å². The molecule has 0 radical (unpaired) electrons. The summed E-state index contributed by atoms with van der Waals surface area (Å²) in [4.78, 5) is 17.5. The lowest BCUT2D eigenvalue weighted by Gasteiger charge is -2.23. The molecule has 0 fully saturated rings. The second kappa shape index (κ2) is 10.2. The number of hydrogen-bond donors (Lipinski definition) is 0. The number of nitrogens with zero attached hydrogens (tertiary/aromatic N) is 4. The van der Waals surface area contributed by atoms with Gasteiger partial charge in [0.05, 0.1) is 25.6 Å². The van der Waals surface area contributed by atoms with E-state index in [1.165, 1.54) is 23.6 Å². The number of hydrogen-bond acceptors (Lipinski definition) is 7. The van der Waals surface area contributed by atoms with Crippen LogP contribution in [0.25, 0.3) is 0 Å². The summed E-state index contributed by atoms with van der Waals surface area (Å²) in [6.07, 6.45) is 5.70. The number of methoxy groups -OCH3 is 1. The van der Waals surface area contributed by atoms with E-state index < -0.39 is 0 Å². The van der Waals surface area contributed by atoms with E-state index in [1.807, 2.05) is 25.1 Å². The van der Waals surface area contributed by atoms with Crippen LogP contribution in [0.15, 0.2) is 53.0 Å². The third-order valence-electron chi connectivity index (χ3n) is 4.40. The standard InChI is InChI=1S/C21H24N4O5/c1-3-29-20-13-17(6-7-19(20)28-2)18-5-4-10-25(23-18)21(26)15-30-22-14-16-8-11-24(27)12-9-16/h6-9,11-14H,3-5,10,15H2,1-2H3. The molecule has 0 atom stereocenters. The number of carbonyl (C=O) groups excluding carboxylic acids is 1. The van der Waals surface area contributed by atoms with Gasteiger partial charge in [0.1, 0.15) is 0 Å². The van der Waals surface area contributed by atoms with Crippen molar-refractivity contribution in [2.75, 3.05) is 26.9 Å². The number of amides is 1. The number of pyridine rings is 1. The molecular formula is C21H24N4O5. The lowest BCUT2D eigenvalue weighted by atomic mass is 10.0. The van der Waals surface area contributed by atoms with Gasteiger partial charge < -0.3 is 19.5 Å². The van der Waals surface area contributed by atoms with E-state index in [-0.39, 0.29) is 12.5 Å². The SMILES string of the molecule is CCOc1cc(C2=NN(C(=O)CON=Cc3cc[n+]([O-])cc3)CCC2)ccc1OC. The van der Waals surface area contributed by atoms with E-state index in [9.17, 15) is 10.0 Å². The fourth-order valence-corrected chi connectivity index (χ4v) is 2.92. The maximum atomic E-state index is 12.4. The maximum Gasteiger partial charge on any atom is 0.283 e. The Morgan fingerprint density at radius 1 is 1.30 bits per heavy atom. The van der Waals surface area contributed by atoms with Gasteiger partial charge in [0, 0.05) is 29.8 Å². The highest BCUT2D eigenvalue weighted by Crippen LogP contribution is 2.29. The number of hydrazone groups is 1. The van der Waals surface area contributed by atoms with E-state index in [0.29, 0.717) is 34.9 Å². The van der Waals surface area contributed by atoms with Gasteiger partial charge in [-0.05, 0) is 38.0 Å². The molecule has 2 heterocycles. The zero-order chi connectivity index (χ0) is 21.3. The molecule has 9 heteroatoms. The molecule has 1 aromatic carbocycles. The minimum absolute atomic E-state index is 0.228. The number of ether oxygens (including phenoxy) is 2. The summed E-state index contributed by atoms with van der Waals surface area (Å²) in [6, 6.07) is 8.80. The van der Waals surface area contributed by atoms with E-state index in [4.69, 9.17) is 14.3 Å². The van der Waals surface area contributed by atoms with Gasteiger partial charge in [0.25, 0.3) is 5.91 Å². The van der Waals surface area contributed by atoms with Gasteiger partial charge >= 0.3 is 0 Å². The number of oxime groups is 1. The summed E-state index contributed by atoms with van der Waals surface area (Å²) in [7, 11) is 1.59. The number of benzene rings is 1. The van der Waals surface area contributed by atoms with Crippen LogP contribution in [0.1, 0.15) is 30.9 Å². The fraction of sp³-hybridized carbons (Fsp3) is 0.333.